The first-order valence-electron chi connectivity index (χ1n) is 5.28. The van der Waals surface area contributed by atoms with Gasteiger partial charge in [-0.1, -0.05) is 0 Å². The lowest BCUT2D eigenvalue weighted by Gasteiger charge is -2.42. The minimum absolute atomic E-state index is 0.0549. The predicted molar refractivity (Wildman–Crippen MR) is 57.2 cm³/mol. The highest BCUT2D eigenvalue weighted by Gasteiger charge is 2.54. The van der Waals surface area contributed by atoms with E-state index in [0.717, 1.165) is 0 Å². The Morgan fingerprint density at radius 2 is 1.73 bits per heavy atom. The molecule has 0 aliphatic carbocycles. The first-order valence-corrected chi connectivity index (χ1v) is 7.10. The summed E-state index contributed by atoms with van der Waals surface area (Å²) in [6.07, 6.45) is 1.71. The molecule has 2 fully saturated rings. The molecule has 86 valence electrons. The van der Waals surface area contributed by atoms with Gasteiger partial charge in [-0.25, -0.2) is 8.42 Å². The number of carbonyl (C=O) groups is 1. The second-order valence-corrected chi connectivity index (χ2v) is 7.59. The normalized spacial score (nSPS) is 31.5. The lowest BCUT2D eigenvalue weighted by atomic mass is 9.68. The third-order valence-corrected chi connectivity index (χ3v) is 5.71. The summed E-state index contributed by atoms with van der Waals surface area (Å²) >= 11 is 0. The van der Waals surface area contributed by atoms with E-state index in [9.17, 15) is 13.2 Å². The first-order chi connectivity index (χ1) is 6.77. The van der Waals surface area contributed by atoms with Crippen LogP contribution in [0.25, 0.3) is 0 Å². The minimum Gasteiger partial charge on any atom is -0.351 e. The van der Waals surface area contributed by atoms with Crippen LogP contribution >= 0.6 is 0 Å². The minimum atomic E-state index is -2.85. The van der Waals surface area contributed by atoms with E-state index in [-0.39, 0.29) is 28.4 Å². The number of nitrogens with one attached hydrogen (secondary N) is 1. The van der Waals surface area contributed by atoms with Crippen molar-refractivity contribution in [2.24, 2.45) is 5.41 Å². The van der Waals surface area contributed by atoms with E-state index in [1.165, 1.54) is 0 Å². The van der Waals surface area contributed by atoms with Crippen molar-refractivity contribution in [3.63, 3.8) is 0 Å². The van der Waals surface area contributed by atoms with E-state index in [1.54, 1.807) is 0 Å². The molecular formula is C10H17NO3S. The van der Waals surface area contributed by atoms with Gasteiger partial charge in [0.1, 0.15) is 9.84 Å². The number of amides is 1. The van der Waals surface area contributed by atoms with Crippen LogP contribution in [0.4, 0.5) is 0 Å². The monoisotopic (exact) mass is 231 g/mol. The van der Waals surface area contributed by atoms with Crippen molar-refractivity contribution in [1.29, 1.82) is 0 Å². The molecule has 1 N–H and O–H groups in total. The number of hydrogen-bond acceptors (Lipinski definition) is 3. The van der Waals surface area contributed by atoms with E-state index in [4.69, 9.17) is 0 Å². The molecule has 0 aromatic carbocycles. The lowest BCUT2D eigenvalue weighted by Crippen LogP contribution is -2.50. The van der Waals surface area contributed by atoms with Crippen LogP contribution in [-0.2, 0) is 14.6 Å². The fourth-order valence-electron chi connectivity index (χ4n) is 2.78. The molecule has 0 aromatic heterocycles. The summed E-state index contributed by atoms with van der Waals surface area (Å²) in [5.74, 6) is 0.510. The second kappa shape index (κ2) is 2.97. The molecule has 0 saturated carbocycles. The van der Waals surface area contributed by atoms with Crippen LogP contribution in [-0.4, -0.2) is 31.4 Å². The molecule has 1 spiro atoms. The van der Waals surface area contributed by atoms with Gasteiger partial charge in [-0.15, -0.1) is 0 Å². The average Bonchev–Trinajstić information content (AvgIpc) is 2.29. The van der Waals surface area contributed by atoms with Gasteiger partial charge in [-0.2, -0.15) is 0 Å². The molecule has 5 heteroatoms. The van der Waals surface area contributed by atoms with Crippen molar-refractivity contribution >= 4 is 15.7 Å². The summed E-state index contributed by atoms with van der Waals surface area (Å²) in [4.78, 5) is 11.4. The zero-order valence-electron chi connectivity index (χ0n) is 9.17. The number of carbonyl (C=O) groups excluding carboxylic acids is 1. The Morgan fingerprint density at radius 1 is 1.20 bits per heavy atom. The van der Waals surface area contributed by atoms with Gasteiger partial charge in [0, 0.05) is 17.4 Å². The zero-order valence-corrected chi connectivity index (χ0v) is 9.99. The van der Waals surface area contributed by atoms with Gasteiger partial charge in [0.05, 0.1) is 11.5 Å². The zero-order chi connectivity index (χ0) is 11.3. The Morgan fingerprint density at radius 3 is 2.13 bits per heavy atom. The average molecular weight is 231 g/mol. The largest absolute Gasteiger partial charge is 0.351 e. The van der Waals surface area contributed by atoms with Crippen molar-refractivity contribution in [2.75, 3.05) is 11.5 Å². The second-order valence-electron chi connectivity index (χ2n) is 5.28. The van der Waals surface area contributed by atoms with E-state index >= 15 is 0 Å². The standard InChI is InChI=1S/C10H17NO3S/c1-9(2)10(7-8(12)11-9)3-5-15(13,14)6-4-10/h3-7H2,1-2H3,(H,11,12). The van der Waals surface area contributed by atoms with Gasteiger partial charge in [0.15, 0.2) is 0 Å². The lowest BCUT2D eigenvalue weighted by molar-refractivity contribution is -0.120. The van der Waals surface area contributed by atoms with E-state index in [0.29, 0.717) is 19.3 Å². The molecule has 2 rings (SSSR count). The number of sulfone groups is 1. The van der Waals surface area contributed by atoms with Crippen LogP contribution in [0.5, 0.6) is 0 Å². The molecule has 0 radical (unpaired) electrons. The molecule has 0 aromatic rings. The van der Waals surface area contributed by atoms with E-state index in [2.05, 4.69) is 5.32 Å². The highest BCUT2D eigenvalue weighted by molar-refractivity contribution is 7.91. The molecule has 2 saturated heterocycles. The maximum Gasteiger partial charge on any atom is 0.221 e. The van der Waals surface area contributed by atoms with Crippen molar-refractivity contribution in [2.45, 2.75) is 38.6 Å². The fourth-order valence-corrected chi connectivity index (χ4v) is 4.39. The van der Waals surface area contributed by atoms with Gasteiger partial charge in [0.2, 0.25) is 5.91 Å². The summed E-state index contributed by atoms with van der Waals surface area (Å²) in [5, 5.41) is 2.95. The number of rotatable bonds is 0. The molecule has 0 atom stereocenters. The summed E-state index contributed by atoms with van der Waals surface area (Å²) in [7, 11) is -2.85. The van der Waals surface area contributed by atoms with Crippen molar-refractivity contribution in [3.05, 3.63) is 0 Å². The molecule has 0 unspecified atom stereocenters. The Labute approximate surface area is 90.3 Å². The molecule has 1 amide bonds. The third-order valence-electron chi connectivity index (χ3n) is 4.06. The Hall–Kier alpha value is -0.580. The highest BCUT2D eigenvalue weighted by Crippen LogP contribution is 2.48. The van der Waals surface area contributed by atoms with Gasteiger partial charge in [0.25, 0.3) is 0 Å². The third kappa shape index (κ3) is 1.67. The summed E-state index contributed by atoms with van der Waals surface area (Å²) in [6.45, 7) is 3.99. The van der Waals surface area contributed by atoms with E-state index < -0.39 is 9.84 Å². The van der Waals surface area contributed by atoms with Gasteiger partial charge >= 0.3 is 0 Å². The first kappa shape index (κ1) is 10.9. The molecule has 2 aliphatic heterocycles. The Kier molecular flexibility index (Phi) is 2.16. The van der Waals surface area contributed by atoms with E-state index in [1.807, 2.05) is 13.8 Å². The van der Waals surface area contributed by atoms with Gasteiger partial charge in [-0.05, 0) is 26.7 Å². The van der Waals surface area contributed by atoms with Crippen LogP contribution in [0.15, 0.2) is 0 Å². The molecule has 0 bridgehead atoms. The fraction of sp³-hybridized carbons (Fsp3) is 0.900. The van der Waals surface area contributed by atoms with Crippen LogP contribution in [0.3, 0.4) is 0 Å². The molecule has 4 nitrogen and oxygen atoms in total. The molecule has 2 aliphatic rings. The SMILES string of the molecule is CC1(C)NC(=O)CC12CCS(=O)(=O)CC2. The molecular weight excluding hydrogens is 214 g/mol. The summed E-state index contributed by atoms with van der Waals surface area (Å²) in [6, 6.07) is 0. The molecule has 2 heterocycles. The van der Waals surface area contributed by atoms with Gasteiger partial charge < -0.3 is 5.32 Å². The summed E-state index contributed by atoms with van der Waals surface area (Å²) in [5.41, 5.74) is -0.407. The maximum atomic E-state index is 11.4. The van der Waals surface area contributed by atoms with Gasteiger partial charge in [-0.3, -0.25) is 4.79 Å². The maximum absolute atomic E-state index is 11.4. The van der Waals surface area contributed by atoms with Crippen LogP contribution in [0, 0.1) is 5.41 Å². The topological polar surface area (TPSA) is 63.2 Å². The van der Waals surface area contributed by atoms with Crippen LogP contribution in [0.1, 0.15) is 33.1 Å². The van der Waals surface area contributed by atoms with Crippen LogP contribution in [0.2, 0.25) is 0 Å². The Balaban J connectivity index is 2.26. The smallest absolute Gasteiger partial charge is 0.221 e. The van der Waals surface area contributed by atoms with Crippen molar-refractivity contribution in [1.82, 2.24) is 5.32 Å². The van der Waals surface area contributed by atoms with Crippen molar-refractivity contribution in [3.8, 4) is 0 Å². The molecule has 15 heavy (non-hydrogen) atoms. The summed E-state index contributed by atoms with van der Waals surface area (Å²) < 4.78 is 22.8. The number of hydrogen-bond donors (Lipinski definition) is 1. The highest BCUT2D eigenvalue weighted by atomic mass is 32.2. The van der Waals surface area contributed by atoms with Crippen molar-refractivity contribution < 1.29 is 13.2 Å². The quantitative estimate of drug-likeness (QED) is 0.659. The predicted octanol–water partition coefficient (Wildman–Crippen LogP) is 0.480. The van der Waals surface area contributed by atoms with Crippen LogP contribution < -0.4 is 5.32 Å². The Bertz CT molecular complexity index is 383.